The second kappa shape index (κ2) is 9.70. The van der Waals surface area contributed by atoms with Crippen LogP contribution < -0.4 is 15.4 Å². The third-order valence-electron chi connectivity index (χ3n) is 5.77. The molecule has 1 aliphatic rings. The Morgan fingerprint density at radius 2 is 1.88 bits per heavy atom. The molecule has 4 rings (SSSR count). The molecule has 1 saturated carbocycles. The average Bonchev–Trinajstić information content (AvgIpc) is 2.73. The van der Waals surface area contributed by atoms with E-state index in [0.29, 0.717) is 16.6 Å². The number of fused-ring (bicyclic) bond motifs is 1. The number of nitrogens with one attached hydrogen (secondary N) is 3. The number of pyridine rings is 1. The van der Waals surface area contributed by atoms with Crippen molar-refractivity contribution in [3.05, 3.63) is 71.1 Å². The van der Waals surface area contributed by atoms with E-state index in [1.807, 2.05) is 12.1 Å². The van der Waals surface area contributed by atoms with Crippen LogP contribution in [-0.4, -0.2) is 32.0 Å². The van der Waals surface area contributed by atoms with Crippen LogP contribution in [0.15, 0.2) is 54.7 Å². The van der Waals surface area contributed by atoms with Gasteiger partial charge in [-0.15, -0.1) is 0 Å². The summed E-state index contributed by atoms with van der Waals surface area (Å²) in [5.41, 5.74) is 2.63. The van der Waals surface area contributed by atoms with Crippen LogP contribution in [0.25, 0.3) is 10.9 Å². The third-order valence-corrected chi connectivity index (χ3v) is 6.67. The first-order valence-electron chi connectivity index (χ1n) is 10.6. The number of rotatable bonds is 7. The van der Waals surface area contributed by atoms with Gasteiger partial charge in [-0.3, -0.25) is 10.3 Å². The van der Waals surface area contributed by atoms with Crippen LogP contribution in [0.3, 0.4) is 0 Å². The van der Waals surface area contributed by atoms with Gasteiger partial charge in [-0.05, 0) is 79.6 Å². The zero-order valence-corrected chi connectivity index (χ0v) is 19.3. The molecule has 170 valence electrons. The van der Waals surface area contributed by atoms with Gasteiger partial charge in [0.25, 0.3) is 0 Å². The number of halogens is 2. The van der Waals surface area contributed by atoms with Crippen molar-refractivity contribution >= 4 is 38.2 Å². The summed E-state index contributed by atoms with van der Waals surface area (Å²) in [6.45, 7) is 0. The highest BCUT2D eigenvalue weighted by atomic mass is 35.5. The molecule has 1 fully saturated rings. The molecule has 2 aromatic carbocycles. The average molecular weight is 477 g/mol. The highest BCUT2D eigenvalue weighted by Gasteiger charge is 2.26. The smallest absolute Gasteiger partial charge is 0.211 e. The van der Waals surface area contributed by atoms with E-state index in [-0.39, 0.29) is 11.9 Å². The largest absolute Gasteiger partial charge is 0.357 e. The van der Waals surface area contributed by atoms with Crippen molar-refractivity contribution in [1.82, 2.24) is 15.0 Å². The zero-order valence-electron chi connectivity index (χ0n) is 17.7. The monoisotopic (exact) mass is 476 g/mol. The van der Waals surface area contributed by atoms with E-state index in [9.17, 15) is 12.8 Å². The lowest BCUT2D eigenvalue weighted by atomic mass is 9.80. The van der Waals surface area contributed by atoms with Gasteiger partial charge < -0.3 is 5.32 Å². The van der Waals surface area contributed by atoms with Gasteiger partial charge in [0, 0.05) is 28.3 Å². The maximum absolute atomic E-state index is 13.8. The molecule has 1 unspecified atom stereocenters. The molecule has 9 heteroatoms. The second-order valence-corrected chi connectivity index (χ2v) is 10.5. The van der Waals surface area contributed by atoms with E-state index >= 15 is 0 Å². The van der Waals surface area contributed by atoms with Crippen LogP contribution in [0.2, 0.25) is 5.02 Å². The fourth-order valence-corrected chi connectivity index (χ4v) is 5.11. The quantitative estimate of drug-likeness (QED) is 0.434. The Balaban J connectivity index is 1.44. The van der Waals surface area contributed by atoms with Crippen molar-refractivity contribution in [2.45, 2.75) is 43.9 Å². The lowest BCUT2D eigenvalue weighted by Crippen LogP contribution is -2.54. The molecule has 1 heterocycles. The van der Waals surface area contributed by atoms with Gasteiger partial charge in [-0.1, -0.05) is 17.7 Å². The van der Waals surface area contributed by atoms with Gasteiger partial charge in [0.05, 0.1) is 11.8 Å². The summed E-state index contributed by atoms with van der Waals surface area (Å²) in [6, 6.07) is 13.9. The van der Waals surface area contributed by atoms with Crippen LogP contribution in [0.5, 0.6) is 0 Å². The molecule has 1 aromatic heterocycles. The van der Waals surface area contributed by atoms with E-state index in [0.717, 1.165) is 48.4 Å². The van der Waals surface area contributed by atoms with Crippen molar-refractivity contribution in [3.63, 3.8) is 0 Å². The molecule has 0 spiro atoms. The highest BCUT2D eigenvalue weighted by molar-refractivity contribution is 7.88. The fourth-order valence-electron chi connectivity index (χ4n) is 4.37. The number of aromatic nitrogens is 1. The van der Waals surface area contributed by atoms with Gasteiger partial charge in [-0.2, -0.15) is 4.72 Å². The predicted octanol–water partition coefficient (Wildman–Crippen LogP) is 4.59. The maximum atomic E-state index is 13.8. The van der Waals surface area contributed by atoms with Crippen LogP contribution in [0.4, 0.5) is 10.1 Å². The summed E-state index contributed by atoms with van der Waals surface area (Å²) in [5.74, 6) is 0.0476. The van der Waals surface area contributed by atoms with Gasteiger partial charge >= 0.3 is 0 Å². The molecule has 0 amide bonds. The Bertz CT molecular complexity index is 1200. The first-order valence-corrected chi connectivity index (χ1v) is 12.8. The number of anilines is 1. The summed E-state index contributed by atoms with van der Waals surface area (Å²) in [4.78, 5) is 4.35. The normalized spacial score (nSPS) is 20.2. The Labute approximate surface area is 192 Å². The van der Waals surface area contributed by atoms with E-state index < -0.39 is 16.3 Å². The second-order valence-electron chi connectivity index (χ2n) is 8.25. The van der Waals surface area contributed by atoms with Crippen molar-refractivity contribution in [2.75, 3.05) is 11.6 Å². The van der Waals surface area contributed by atoms with Crippen LogP contribution in [0.1, 0.15) is 37.2 Å². The number of nitrogens with zero attached hydrogens (tertiary/aromatic N) is 1. The van der Waals surface area contributed by atoms with Crippen molar-refractivity contribution in [2.24, 2.45) is 0 Å². The number of hydrogen-bond acceptors (Lipinski definition) is 5. The minimum Gasteiger partial charge on any atom is -0.357 e. The zero-order chi connectivity index (χ0) is 22.7. The minimum absolute atomic E-state index is 0.127. The summed E-state index contributed by atoms with van der Waals surface area (Å²) in [7, 11) is -3.44. The SMILES string of the molecule is CS(=O)(=O)NC(Nc1cccc(Cl)c1)NC1CCC(c2ccnc3ccc(F)cc23)CC1. The van der Waals surface area contributed by atoms with Crippen LogP contribution in [0, 0.1) is 5.82 Å². The predicted molar refractivity (Wildman–Crippen MR) is 127 cm³/mol. The molecule has 0 radical (unpaired) electrons. The molecule has 32 heavy (non-hydrogen) atoms. The Morgan fingerprint density at radius 3 is 2.59 bits per heavy atom. The van der Waals surface area contributed by atoms with Crippen molar-refractivity contribution in [3.8, 4) is 0 Å². The molecule has 0 aliphatic heterocycles. The molecule has 3 aromatic rings. The molecule has 1 atom stereocenters. The highest BCUT2D eigenvalue weighted by Crippen LogP contribution is 2.36. The lowest BCUT2D eigenvalue weighted by molar-refractivity contribution is 0.318. The third kappa shape index (κ3) is 5.95. The van der Waals surface area contributed by atoms with Gasteiger partial charge in [0.2, 0.25) is 10.0 Å². The van der Waals surface area contributed by atoms with E-state index in [2.05, 4.69) is 20.3 Å². The van der Waals surface area contributed by atoms with E-state index in [4.69, 9.17) is 11.6 Å². The summed E-state index contributed by atoms with van der Waals surface area (Å²) in [6.07, 6.45) is 5.80. The Kier molecular flexibility index (Phi) is 6.95. The number of benzene rings is 2. The molecular formula is C23H26ClFN4O2S. The van der Waals surface area contributed by atoms with Gasteiger partial charge in [0.1, 0.15) is 12.1 Å². The van der Waals surface area contributed by atoms with Crippen molar-refractivity contribution < 1.29 is 12.8 Å². The number of hydrogen-bond donors (Lipinski definition) is 3. The molecular weight excluding hydrogens is 451 g/mol. The maximum Gasteiger partial charge on any atom is 0.211 e. The first kappa shape index (κ1) is 22.9. The molecule has 3 N–H and O–H groups in total. The summed E-state index contributed by atoms with van der Waals surface area (Å²) < 4.78 is 40.2. The molecule has 0 saturated heterocycles. The van der Waals surface area contributed by atoms with E-state index in [1.54, 1.807) is 36.5 Å². The lowest BCUT2D eigenvalue weighted by Gasteiger charge is -2.33. The summed E-state index contributed by atoms with van der Waals surface area (Å²) >= 11 is 6.05. The molecule has 6 nitrogen and oxygen atoms in total. The van der Waals surface area contributed by atoms with Crippen molar-refractivity contribution in [1.29, 1.82) is 0 Å². The van der Waals surface area contributed by atoms with Gasteiger partial charge in [-0.25, -0.2) is 12.8 Å². The van der Waals surface area contributed by atoms with Crippen LogP contribution >= 0.6 is 11.6 Å². The first-order chi connectivity index (χ1) is 15.3. The van der Waals surface area contributed by atoms with Crippen LogP contribution in [-0.2, 0) is 10.0 Å². The Hall–Kier alpha value is -2.26. The number of sulfonamides is 1. The fraction of sp³-hybridized carbons (Fsp3) is 0.348. The summed E-state index contributed by atoms with van der Waals surface area (Å²) in [5, 5.41) is 7.97. The van der Waals surface area contributed by atoms with E-state index in [1.165, 1.54) is 6.07 Å². The molecule has 0 bridgehead atoms. The van der Waals surface area contributed by atoms with Gasteiger partial charge in [0.15, 0.2) is 0 Å². The molecule has 1 aliphatic carbocycles. The Morgan fingerprint density at radius 1 is 1.09 bits per heavy atom. The minimum atomic E-state index is -3.44. The topological polar surface area (TPSA) is 83.1 Å². The standard InChI is InChI=1S/C23H26ClFN4O2S/c1-32(30,31)29-23(28-19-4-2-3-16(24)13-19)27-18-8-5-15(6-9-18)20-11-12-26-22-10-7-17(25)14-21(20)22/h2-4,7,10-15,18,23,27-29H,5-6,8-9H2,1H3.